The zero-order chi connectivity index (χ0) is 17.1. The lowest BCUT2D eigenvalue weighted by Crippen LogP contribution is -2.00. The summed E-state index contributed by atoms with van der Waals surface area (Å²) in [6.07, 6.45) is 7.69. The lowest BCUT2D eigenvalue weighted by Gasteiger charge is -2.13. The van der Waals surface area contributed by atoms with Gasteiger partial charge in [0.2, 0.25) is 0 Å². The van der Waals surface area contributed by atoms with Gasteiger partial charge in [-0.3, -0.25) is 4.79 Å². The number of carboxylic acids is 1. The highest BCUT2D eigenvalue weighted by Gasteiger charge is 2.35. The molecule has 0 saturated heterocycles. The van der Waals surface area contributed by atoms with Crippen LogP contribution in [0.25, 0.3) is 0 Å². The number of rotatable bonds is 5. The number of terminal acetylenes is 1. The molecular formula is C18H18O5. The molecule has 0 fully saturated rings. The molecule has 1 aromatic rings. The molecule has 2 N–H and O–H groups in total. The SMILES string of the molecule is C#Cc1cc(O)c2c(c1C)C(C/C=C(\C)CCC(=O)O)OC2=O. The van der Waals surface area contributed by atoms with Gasteiger partial charge in [-0.15, -0.1) is 6.42 Å². The van der Waals surface area contributed by atoms with E-state index in [1.165, 1.54) is 6.07 Å². The van der Waals surface area contributed by atoms with Gasteiger partial charge in [-0.1, -0.05) is 17.6 Å². The number of carboxylic acid groups (broad SMARTS) is 1. The number of cyclic esters (lactones) is 1. The summed E-state index contributed by atoms with van der Waals surface area (Å²) in [6, 6.07) is 1.39. The third-order valence-electron chi connectivity index (χ3n) is 3.96. The van der Waals surface area contributed by atoms with Crippen molar-refractivity contribution in [2.24, 2.45) is 0 Å². The first-order valence-corrected chi connectivity index (χ1v) is 7.26. The summed E-state index contributed by atoms with van der Waals surface area (Å²) < 4.78 is 5.34. The van der Waals surface area contributed by atoms with Crippen molar-refractivity contribution >= 4 is 11.9 Å². The van der Waals surface area contributed by atoms with Crippen LogP contribution in [-0.2, 0) is 9.53 Å². The molecule has 0 aliphatic carbocycles. The number of ether oxygens (including phenoxy) is 1. The topological polar surface area (TPSA) is 83.8 Å². The van der Waals surface area contributed by atoms with Crippen LogP contribution in [0.1, 0.15) is 59.3 Å². The van der Waals surface area contributed by atoms with Crippen molar-refractivity contribution in [1.82, 2.24) is 0 Å². The van der Waals surface area contributed by atoms with Crippen molar-refractivity contribution in [3.05, 3.63) is 40.0 Å². The van der Waals surface area contributed by atoms with Gasteiger partial charge in [-0.05, 0) is 31.9 Å². The molecule has 0 amide bonds. The van der Waals surface area contributed by atoms with Gasteiger partial charge in [0.1, 0.15) is 17.4 Å². The Morgan fingerprint density at radius 2 is 2.17 bits per heavy atom. The highest BCUT2D eigenvalue weighted by Crippen LogP contribution is 2.41. The highest BCUT2D eigenvalue weighted by molar-refractivity contribution is 5.97. The van der Waals surface area contributed by atoms with Crippen molar-refractivity contribution in [2.75, 3.05) is 0 Å². The number of hydrogen-bond acceptors (Lipinski definition) is 4. The molecule has 1 heterocycles. The highest BCUT2D eigenvalue weighted by atomic mass is 16.5. The quantitative estimate of drug-likeness (QED) is 0.495. The largest absolute Gasteiger partial charge is 0.507 e. The normalized spacial score (nSPS) is 16.7. The number of aliphatic carboxylic acids is 1. The van der Waals surface area contributed by atoms with Crippen LogP contribution < -0.4 is 0 Å². The Morgan fingerprint density at radius 1 is 1.48 bits per heavy atom. The van der Waals surface area contributed by atoms with Crippen molar-refractivity contribution in [3.8, 4) is 18.1 Å². The molecule has 1 atom stereocenters. The minimum absolute atomic E-state index is 0.0600. The number of carbonyl (C=O) groups is 2. The van der Waals surface area contributed by atoms with Gasteiger partial charge in [-0.25, -0.2) is 4.79 Å². The molecule has 1 aliphatic rings. The van der Waals surface area contributed by atoms with Gasteiger partial charge in [0.15, 0.2) is 0 Å². The first-order valence-electron chi connectivity index (χ1n) is 7.26. The standard InChI is InChI=1S/C18H18O5/c1-4-12-9-13(19)17-16(11(12)3)14(23-18(17)22)7-5-10(2)6-8-15(20)21/h1,5,9,14,19H,6-8H2,2-3H3,(H,20,21)/b10-5+. The van der Waals surface area contributed by atoms with Gasteiger partial charge in [0.25, 0.3) is 0 Å². The molecule has 23 heavy (non-hydrogen) atoms. The van der Waals surface area contributed by atoms with Crippen LogP contribution in [0.3, 0.4) is 0 Å². The van der Waals surface area contributed by atoms with E-state index in [1.807, 2.05) is 13.0 Å². The van der Waals surface area contributed by atoms with E-state index in [2.05, 4.69) is 5.92 Å². The molecular weight excluding hydrogens is 296 g/mol. The second kappa shape index (κ2) is 6.57. The number of aromatic hydroxyl groups is 1. The van der Waals surface area contributed by atoms with E-state index >= 15 is 0 Å². The predicted octanol–water partition coefficient (Wildman–Crippen LogP) is 3.09. The lowest BCUT2D eigenvalue weighted by molar-refractivity contribution is -0.136. The second-order valence-corrected chi connectivity index (χ2v) is 5.58. The Kier molecular flexibility index (Phi) is 4.75. The number of fused-ring (bicyclic) bond motifs is 1. The summed E-state index contributed by atoms with van der Waals surface area (Å²) in [5, 5.41) is 18.7. The molecule has 5 nitrogen and oxygen atoms in total. The van der Waals surface area contributed by atoms with E-state index in [0.29, 0.717) is 24.0 Å². The van der Waals surface area contributed by atoms with Crippen molar-refractivity contribution in [2.45, 2.75) is 39.2 Å². The molecule has 1 aliphatic heterocycles. The van der Waals surface area contributed by atoms with Crippen LogP contribution in [0.15, 0.2) is 17.7 Å². The number of phenols is 1. The molecule has 1 unspecified atom stereocenters. The van der Waals surface area contributed by atoms with E-state index in [-0.39, 0.29) is 17.7 Å². The summed E-state index contributed by atoms with van der Waals surface area (Å²) in [5.41, 5.74) is 2.96. The molecule has 0 saturated carbocycles. The summed E-state index contributed by atoms with van der Waals surface area (Å²) in [4.78, 5) is 22.6. The van der Waals surface area contributed by atoms with E-state index in [4.69, 9.17) is 16.3 Å². The second-order valence-electron chi connectivity index (χ2n) is 5.58. The van der Waals surface area contributed by atoms with Crippen LogP contribution in [-0.4, -0.2) is 22.2 Å². The van der Waals surface area contributed by atoms with Crippen LogP contribution in [0.4, 0.5) is 0 Å². The first kappa shape index (κ1) is 16.6. The Labute approximate surface area is 134 Å². The monoisotopic (exact) mass is 314 g/mol. The summed E-state index contributed by atoms with van der Waals surface area (Å²) in [7, 11) is 0. The molecule has 0 aromatic heterocycles. The van der Waals surface area contributed by atoms with Crippen molar-refractivity contribution < 1.29 is 24.5 Å². The van der Waals surface area contributed by atoms with Crippen LogP contribution >= 0.6 is 0 Å². The molecule has 0 bridgehead atoms. The van der Waals surface area contributed by atoms with Crippen LogP contribution in [0.5, 0.6) is 5.75 Å². The minimum Gasteiger partial charge on any atom is -0.507 e. The number of esters is 1. The first-order chi connectivity index (χ1) is 10.8. The number of benzene rings is 1. The third kappa shape index (κ3) is 3.37. The summed E-state index contributed by atoms with van der Waals surface area (Å²) >= 11 is 0. The third-order valence-corrected chi connectivity index (χ3v) is 3.96. The summed E-state index contributed by atoms with van der Waals surface area (Å²) in [5.74, 6) is 0.906. The number of phenolic OH excluding ortho intramolecular Hbond substituents is 1. The predicted molar refractivity (Wildman–Crippen MR) is 84.2 cm³/mol. The van der Waals surface area contributed by atoms with Gasteiger partial charge in [-0.2, -0.15) is 0 Å². The lowest BCUT2D eigenvalue weighted by atomic mass is 9.92. The maximum absolute atomic E-state index is 12.0. The summed E-state index contributed by atoms with van der Waals surface area (Å²) in [6.45, 7) is 3.63. The van der Waals surface area contributed by atoms with E-state index in [9.17, 15) is 14.7 Å². The van der Waals surface area contributed by atoms with Crippen molar-refractivity contribution in [1.29, 1.82) is 0 Å². The van der Waals surface area contributed by atoms with Gasteiger partial charge < -0.3 is 14.9 Å². The zero-order valence-electron chi connectivity index (χ0n) is 13.0. The zero-order valence-corrected chi connectivity index (χ0v) is 13.0. The smallest absolute Gasteiger partial charge is 0.342 e. The Balaban J connectivity index is 2.28. The van der Waals surface area contributed by atoms with E-state index in [1.54, 1.807) is 6.92 Å². The maximum atomic E-state index is 12.0. The fourth-order valence-electron chi connectivity index (χ4n) is 2.68. The fourth-order valence-corrected chi connectivity index (χ4v) is 2.68. The van der Waals surface area contributed by atoms with Gasteiger partial charge in [0, 0.05) is 24.0 Å². The molecule has 0 spiro atoms. The Morgan fingerprint density at radius 3 is 2.78 bits per heavy atom. The number of allylic oxidation sites excluding steroid dienone is 1. The maximum Gasteiger partial charge on any atom is 0.342 e. The van der Waals surface area contributed by atoms with Crippen molar-refractivity contribution in [3.63, 3.8) is 0 Å². The van der Waals surface area contributed by atoms with Crippen LogP contribution in [0, 0.1) is 19.3 Å². The Bertz CT molecular complexity index is 737. The minimum atomic E-state index is -0.852. The Hall–Kier alpha value is -2.74. The number of carbonyl (C=O) groups excluding carboxylic acids is 1. The van der Waals surface area contributed by atoms with E-state index in [0.717, 1.165) is 11.1 Å². The average molecular weight is 314 g/mol. The molecule has 0 radical (unpaired) electrons. The number of hydrogen-bond donors (Lipinski definition) is 2. The molecule has 1 aromatic carbocycles. The van der Waals surface area contributed by atoms with Crippen LogP contribution in [0.2, 0.25) is 0 Å². The average Bonchev–Trinajstić information content (AvgIpc) is 2.84. The molecule has 5 heteroatoms. The fraction of sp³-hybridized carbons (Fsp3) is 0.333. The van der Waals surface area contributed by atoms with Gasteiger partial charge in [0.05, 0.1) is 0 Å². The molecule has 120 valence electrons. The van der Waals surface area contributed by atoms with E-state index < -0.39 is 18.0 Å². The molecule has 2 rings (SSSR count). The van der Waals surface area contributed by atoms with Gasteiger partial charge >= 0.3 is 11.9 Å².